The normalized spacial score (nSPS) is 23.7. The van der Waals surface area contributed by atoms with Crippen LogP contribution in [0.4, 0.5) is 5.82 Å². The zero-order chi connectivity index (χ0) is 17.7. The lowest BCUT2D eigenvalue weighted by atomic mass is 9.83. The summed E-state index contributed by atoms with van der Waals surface area (Å²) in [6.07, 6.45) is 9.87. The van der Waals surface area contributed by atoms with Crippen LogP contribution >= 0.6 is 0 Å². The predicted molar refractivity (Wildman–Crippen MR) is 94.9 cm³/mol. The van der Waals surface area contributed by atoms with E-state index in [-0.39, 0.29) is 11.9 Å². The Balaban J connectivity index is 1.53. The number of anilines is 1. The highest BCUT2D eigenvalue weighted by molar-refractivity contribution is 5.79. The van der Waals surface area contributed by atoms with E-state index in [2.05, 4.69) is 38.1 Å². The first-order valence-corrected chi connectivity index (χ1v) is 9.09. The molecule has 1 atom stereocenters. The average molecular weight is 342 g/mol. The number of nitriles is 1. The molecule has 134 valence electrons. The molecule has 1 aliphatic heterocycles. The molecule has 7 nitrogen and oxygen atoms in total. The van der Waals surface area contributed by atoms with Crippen LogP contribution < -0.4 is 10.2 Å². The van der Waals surface area contributed by atoms with Crippen molar-refractivity contribution in [3.8, 4) is 6.07 Å². The first kappa shape index (κ1) is 17.6. The second kappa shape index (κ2) is 7.79. The van der Waals surface area contributed by atoms with Gasteiger partial charge in [0.2, 0.25) is 5.91 Å². The van der Waals surface area contributed by atoms with Crippen LogP contribution in [0.2, 0.25) is 0 Å². The Morgan fingerprint density at radius 1 is 1.36 bits per heavy atom. The van der Waals surface area contributed by atoms with Crippen molar-refractivity contribution in [2.45, 2.75) is 50.6 Å². The standard InChI is InChI=1S/C18H26N6O/c1-15-12-23(9-10-24(15)16-11-20-7-8-21-16)13-17(25)22-18(14-19)5-3-2-4-6-18/h7-8,11,15H,2-6,9-10,12-13H2,1H3,(H,22,25). The summed E-state index contributed by atoms with van der Waals surface area (Å²) in [7, 11) is 0. The third-order valence-electron chi connectivity index (χ3n) is 5.22. The Bertz CT molecular complexity index is 622. The molecule has 1 aromatic rings. The fourth-order valence-corrected chi connectivity index (χ4v) is 3.89. The van der Waals surface area contributed by atoms with Gasteiger partial charge in [-0.2, -0.15) is 5.26 Å². The van der Waals surface area contributed by atoms with Crippen LogP contribution in [0.3, 0.4) is 0 Å². The number of piperazine rings is 1. The molecule has 3 rings (SSSR count). The molecule has 7 heteroatoms. The van der Waals surface area contributed by atoms with Crippen LogP contribution in [0.5, 0.6) is 0 Å². The Hall–Kier alpha value is -2.20. The Morgan fingerprint density at radius 2 is 2.16 bits per heavy atom. The number of nitrogens with one attached hydrogen (secondary N) is 1. The lowest BCUT2D eigenvalue weighted by Gasteiger charge is -2.40. The first-order valence-electron chi connectivity index (χ1n) is 9.09. The summed E-state index contributed by atoms with van der Waals surface area (Å²) in [4.78, 5) is 25.3. The second-order valence-corrected chi connectivity index (χ2v) is 7.14. The molecule has 1 aromatic heterocycles. The van der Waals surface area contributed by atoms with Gasteiger partial charge in [0.25, 0.3) is 0 Å². The summed E-state index contributed by atoms with van der Waals surface area (Å²) in [5.74, 6) is 0.841. The smallest absolute Gasteiger partial charge is 0.235 e. The largest absolute Gasteiger partial charge is 0.350 e. The third kappa shape index (κ3) is 4.26. The van der Waals surface area contributed by atoms with Crippen molar-refractivity contribution in [3.63, 3.8) is 0 Å². The van der Waals surface area contributed by atoms with Crippen LogP contribution in [0.1, 0.15) is 39.0 Å². The minimum Gasteiger partial charge on any atom is -0.350 e. The van der Waals surface area contributed by atoms with E-state index in [1.54, 1.807) is 18.6 Å². The zero-order valence-electron chi connectivity index (χ0n) is 14.8. The Kier molecular flexibility index (Phi) is 5.49. The van der Waals surface area contributed by atoms with E-state index >= 15 is 0 Å². The van der Waals surface area contributed by atoms with Gasteiger partial charge in [-0.05, 0) is 19.8 Å². The maximum Gasteiger partial charge on any atom is 0.235 e. The lowest BCUT2D eigenvalue weighted by Crippen LogP contribution is -2.56. The number of aromatic nitrogens is 2. The number of carbonyl (C=O) groups is 1. The van der Waals surface area contributed by atoms with Gasteiger partial charge in [-0.3, -0.25) is 14.7 Å². The summed E-state index contributed by atoms with van der Waals surface area (Å²) in [6, 6.07) is 2.61. The van der Waals surface area contributed by atoms with Gasteiger partial charge in [0.05, 0.1) is 18.8 Å². The quantitative estimate of drug-likeness (QED) is 0.888. The molecule has 0 aromatic carbocycles. The molecule has 1 amide bonds. The predicted octanol–water partition coefficient (Wildman–Crippen LogP) is 1.33. The fraction of sp³-hybridized carbons (Fsp3) is 0.667. The van der Waals surface area contributed by atoms with Gasteiger partial charge in [-0.1, -0.05) is 19.3 Å². The molecule has 0 bridgehead atoms. The van der Waals surface area contributed by atoms with Crippen molar-refractivity contribution in [3.05, 3.63) is 18.6 Å². The van der Waals surface area contributed by atoms with Crippen LogP contribution in [-0.4, -0.2) is 58.5 Å². The molecule has 0 spiro atoms. The van der Waals surface area contributed by atoms with E-state index in [1.807, 2.05) is 0 Å². The summed E-state index contributed by atoms with van der Waals surface area (Å²) in [5, 5.41) is 12.5. The minimum absolute atomic E-state index is 0.0383. The highest BCUT2D eigenvalue weighted by Crippen LogP contribution is 2.27. The van der Waals surface area contributed by atoms with Crippen molar-refractivity contribution in [1.82, 2.24) is 20.2 Å². The van der Waals surface area contributed by atoms with Gasteiger partial charge in [0.15, 0.2) is 0 Å². The highest BCUT2D eigenvalue weighted by Gasteiger charge is 2.34. The van der Waals surface area contributed by atoms with Gasteiger partial charge < -0.3 is 10.2 Å². The van der Waals surface area contributed by atoms with E-state index in [9.17, 15) is 10.1 Å². The Labute approximate surface area is 149 Å². The number of hydrogen-bond donors (Lipinski definition) is 1. The second-order valence-electron chi connectivity index (χ2n) is 7.14. The van der Waals surface area contributed by atoms with E-state index in [4.69, 9.17) is 0 Å². The lowest BCUT2D eigenvalue weighted by molar-refractivity contribution is -0.124. The summed E-state index contributed by atoms with van der Waals surface area (Å²) in [5.41, 5.74) is -0.650. The highest BCUT2D eigenvalue weighted by atomic mass is 16.2. The number of amides is 1. The molecule has 2 aliphatic rings. The molecule has 1 aliphatic carbocycles. The van der Waals surface area contributed by atoms with E-state index in [0.717, 1.165) is 57.6 Å². The van der Waals surface area contributed by atoms with Crippen LogP contribution in [-0.2, 0) is 4.79 Å². The molecule has 1 saturated heterocycles. The molecule has 1 saturated carbocycles. The first-order chi connectivity index (χ1) is 12.1. The van der Waals surface area contributed by atoms with Gasteiger partial charge >= 0.3 is 0 Å². The topological polar surface area (TPSA) is 85.2 Å². The van der Waals surface area contributed by atoms with Crippen molar-refractivity contribution < 1.29 is 4.79 Å². The SMILES string of the molecule is CC1CN(CC(=O)NC2(C#N)CCCCC2)CCN1c1cnccn1. The third-order valence-corrected chi connectivity index (χ3v) is 5.22. The Morgan fingerprint density at radius 3 is 2.80 bits per heavy atom. The van der Waals surface area contributed by atoms with Gasteiger partial charge in [-0.15, -0.1) is 0 Å². The summed E-state index contributed by atoms with van der Waals surface area (Å²) >= 11 is 0. The number of rotatable bonds is 4. The molecule has 2 heterocycles. The molecular formula is C18H26N6O. The van der Waals surface area contributed by atoms with Gasteiger partial charge in [0, 0.05) is 38.1 Å². The monoisotopic (exact) mass is 342 g/mol. The van der Waals surface area contributed by atoms with Gasteiger partial charge in [0.1, 0.15) is 11.4 Å². The summed E-state index contributed by atoms with van der Waals surface area (Å²) < 4.78 is 0. The van der Waals surface area contributed by atoms with E-state index in [1.165, 1.54) is 0 Å². The number of carbonyl (C=O) groups excluding carboxylic acids is 1. The zero-order valence-corrected chi connectivity index (χ0v) is 14.8. The molecule has 1 N–H and O–H groups in total. The maximum absolute atomic E-state index is 12.5. The number of nitrogens with zero attached hydrogens (tertiary/aromatic N) is 5. The van der Waals surface area contributed by atoms with Crippen LogP contribution in [0, 0.1) is 11.3 Å². The van der Waals surface area contributed by atoms with Crippen molar-refractivity contribution in [2.75, 3.05) is 31.1 Å². The van der Waals surface area contributed by atoms with Crippen LogP contribution in [0.25, 0.3) is 0 Å². The summed E-state index contributed by atoms with van der Waals surface area (Å²) in [6.45, 7) is 4.90. The number of hydrogen-bond acceptors (Lipinski definition) is 6. The molecule has 25 heavy (non-hydrogen) atoms. The molecule has 2 fully saturated rings. The van der Waals surface area contributed by atoms with E-state index in [0.29, 0.717) is 6.54 Å². The van der Waals surface area contributed by atoms with Crippen molar-refractivity contribution >= 4 is 11.7 Å². The van der Waals surface area contributed by atoms with Crippen LogP contribution in [0.15, 0.2) is 18.6 Å². The maximum atomic E-state index is 12.5. The van der Waals surface area contributed by atoms with Crippen molar-refractivity contribution in [1.29, 1.82) is 5.26 Å². The van der Waals surface area contributed by atoms with Crippen molar-refractivity contribution in [2.24, 2.45) is 0 Å². The molecular weight excluding hydrogens is 316 g/mol. The fourth-order valence-electron chi connectivity index (χ4n) is 3.89. The van der Waals surface area contributed by atoms with E-state index < -0.39 is 5.54 Å². The average Bonchev–Trinajstić information content (AvgIpc) is 2.63. The minimum atomic E-state index is -0.650. The molecule has 1 unspecified atom stereocenters. The molecule has 0 radical (unpaired) electrons. The van der Waals surface area contributed by atoms with Gasteiger partial charge in [-0.25, -0.2) is 4.98 Å².